The molecule has 30 heavy (non-hydrogen) atoms. The van der Waals surface area contributed by atoms with Gasteiger partial charge in [0.15, 0.2) is 0 Å². The lowest BCUT2D eigenvalue weighted by Crippen LogP contribution is -2.43. The van der Waals surface area contributed by atoms with Crippen LogP contribution in [0.1, 0.15) is 38.7 Å². The normalized spacial score (nSPS) is 17.3. The lowest BCUT2D eigenvalue weighted by Gasteiger charge is -2.25. The van der Waals surface area contributed by atoms with Crippen LogP contribution >= 0.6 is 0 Å². The van der Waals surface area contributed by atoms with E-state index in [1.807, 2.05) is 35.8 Å². The number of nitrogens with zero attached hydrogens (tertiary/aromatic N) is 4. The Bertz CT molecular complexity index is 689. The summed E-state index contributed by atoms with van der Waals surface area (Å²) in [6.07, 6.45) is 5.13. The van der Waals surface area contributed by atoms with Gasteiger partial charge in [0, 0.05) is 58.1 Å². The molecule has 0 spiro atoms. The maximum absolute atomic E-state index is 12.6. The average molecular weight is 418 g/mol. The van der Waals surface area contributed by atoms with E-state index in [-0.39, 0.29) is 11.9 Å². The molecule has 3 rings (SSSR count). The van der Waals surface area contributed by atoms with Crippen LogP contribution in [0.4, 0.5) is 4.79 Å². The highest BCUT2D eigenvalue weighted by atomic mass is 16.5. The first kappa shape index (κ1) is 22.3. The number of nitrogens with one attached hydrogen (secondary N) is 1. The highest BCUT2D eigenvalue weighted by molar-refractivity contribution is 5.78. The molecule has 1 N–H and O–H groups in total. The second-order valence-corrected chi connectivity index (χ2v) is 8.10. The van der Waals surface area contributed by atoms with E-state index in [0.717, 1.165) is 44.8 Å². The molecular weight excluding hydrogens is 382 g/mol. The zero-order valence-corrected chi connectivity index (χ0v) is 18.3. The summed E-state index contributed by atoms with van der Waals surface area (Å²) in [5, 5.41) is 2.98. The monoisotopic (exact) mass is 417 g/mol. The van der Waals surface area contributed by atoms with Crippen LogP contribution in [0.5, 0.6) is 5.88 Å². The van der Waals surface area contributed by atoms with Gasteiger partial charge in [-0.1, -0.05) is 6.07 Å². The predicted molar refractivity (Wildman–Crippen MR) is 115 cm³/mol. The molecule has 1 saturated heterocycles. The van der Waals surface area contributed by atoms with Gasteiger partial charge in [-0.25, -0.2) is 9.78 Å². The Balaban J connectivity index is 1.39. The minimum Gasteiger partial charge on any atom is -0.477 e. The Hall–Kier alpha value is -2.35. The van der Waals surface area contributed by atoms with Crippen molar-refractivity contribution >= 4 is 11.9 Å². The Kier molecular flexibility index (Phi) is 8.30. The second kappa shape index (κ2) is 11.2. The molecule has 2 aliphatic rings. The first-order chi connectivity index (χ1) is 14.6. The topological polar surface area (TPSA) is 78.0 Å². The van der Waals surface area contributed by atoms with Crippen LogP contribution in [0.25, 0.3) is 0 Å². The van der Waals surface area contributed by atoms with E-state index in [4.69, 9.17) is 4.74 Å². The summed E-state index contributed by atoms with van der Waals surface area (Å²) < 4.78 is 5.65. The van der Waals surface area contributed by atoms with E-state index < -0.39 is 0 Å². The Labute approximate surface area is 179 Å². The third-order valence-electron chi connectivity index (χ3n) is 5.76. The van der Waals surface area contributed by atoms with E-state index in [0.29, 0.717) is 38.0 Å². The molecular formula is C22H35N5O3. The molecule has 8 heteroatoms. The van der Waals surface area contributed by atoms with Gasteiger partial charge in [-0.2, -0.15) is 0 Å². The van der Waals surface area contributed by atoms with Crippen molar-refractivity contribution in [3.8, 4) is 5.88 Å². The maximum atomic E-state index is 12.6. The van der Waals surface area contributed by atoms with Crippen LogP contribution in [0.3, 0.4) is 0 Å². The summed E-state index contributed by atoms with van der Waals surface area (Å²) in [6.45, 7) is 9.97. The fraction of sp³-hybridized carbons (Fsp3) is 0.682. The Morgan fingerprint density at radius 2 is 1.97 bits per heavy atom. The minimum atomic E-state index is -0.0685. The van der Waals surface area contributed by atoms with Crippen molar-refractivity contribution in [1.82, 2.24) is 25.0 Å². The first-order valence-corrected chi connectivity index (χ1v) is 11.2. The highest BCUT2D eigenvalue weighted by Crippen LogP contribution is 2.29. The van der Waals surface area contributed by atoms with Gasteiger partial charge in [-0.05, 0) is 44.6 Å². The van der Waals surface area contributed by atoms with Crippen molar-refractivity contribution in [2.24, 2.45) is 5.92 Å². The van der Waals surface area contributed by atoms with Crippen LogP contribution in [0.2, 0.25) is 0 Å². The molecule has 1 aliphatic heterocycles. The van der Waals surface area contributed by atoms with Crippen LogP contribution in [-0.2, 0) is 11.3 Å². The van der Waals surface area contributed by atoms with Crippen molar-refractivity contribution in [3.63, 3.8) is 0 Å². The number of likely N-dealkylation sites (N-methyl/N-ethyl adjacent to an activating group) is 1. The number of ether oxygens (including phenoxy) is 1. The quantitative estimate of drug-likeness (QED) is 0.665. The Morgan fingerprint density at radius 3 is 2.63 bits per heavy atom. The number of carbonyl (C=O) groups excluding carboxylic acids is 2. The number of aromatic nitrogens is 1. The minimum absolute atomic E-state index is 0.0685. The van der Waals surface area contributed by atoms with Crippen molar-refractivity contribution in [1.29, 1.82) is 0 Å². The molecule has 1 saturated carbocycles. The van der Waals surface area contributed by atoms with E-state index in [2.05, 4.69) is 15.2 Å². The summed E-state index contributed by atoms with van der Waals surface area (Å²) in [7, 11) is 0. The maximum Gasteiger partial charge on any atom is 0.317 e. The van der Waals surface area contributed by atoms with Gasteiger partial charge in [0.1, 0.15) is 0 Å². The molecule has 0 atom stereocenters. The van der Waals surface area contributed by atoms with Gasteiger partial charge in [0.05, 0.1) is 13.2 Å². The summed E-state index contributed by atoms with van der Waals surface area (Å²) in [6, 6.07) is 3.74. The predicted octanol–water partition coefficient (Wildman–Crippen LogP) is 1.96. The molecule has 0 unspecified atom stereocenters. The van der Waals surface area contributed by atoms with E-state index >= 15 is 0 Å². The first-order valence-electron chi connectivity index (χ1n) is 11.2. The van der Waals surface area contributed by atoms with Crippen LogP contribution in [0.15, 0.2) is 18.3 Å². The van der Waals surface area contributed by atoms with Gasteiger partial charge >= 0.3 is 6.03 Å². The van der Waals surface area contributed by atoms with E-state index in [1.54, 1.807) is 6.20 Å². The summed E-state index contributed by atoms with van der Waals surface area (Å²) in [5.41, 5.74) is 0.948. The van der Waals surface area contributed by atoms with Gasteiger partial charge in [-0.3, -0.25) is 9.69 Å². The van der Waals surface area contributed by atoms with Crippen molar-refractivity contribution < 1.29 is 14.3 Å². The van der Waals surface area contributed by atoms with Crippen molar-refractivity contribution in [2.75, 3.05) is 52.4 Å². The summed E-state index contributed by atoms with van der Waals surface area (Å²) >= 11 is 0. The molecule has 166 valence electrons. The standard InChI is InChI=1S/C22H35N5O3/c1-3-26(4-2)21(28)16-25-10-5-11-27(13-12-25)22(29)24-15-19-8-9-20(23-14-19)30-17-18-6-7-18/h8-9,14,18H,3-7,10-13,15-17H2,1-2H3,(H,24,29). The van der Waals surface area contributed by atoms with Gasteiger partial charge in [0.25, 0.3) is 0 Å². The SMILES string of the molecule is CCN(CC)C(=O)CN1CCCN(C(=O)NCc2ccc(OCC3CC3)nc2)CC1. The molecule has 0 radical (unpaired) electrons. The largest absolute Gasteiger partial charge is 0.477 e. The summed E-state index contributed by atoms with van der Waals surface area (Å²) in [4.78, 5) is 35.1. The third-order valence-corrected chi connectivity index (χ3v) is 5.76. The zero-order chi connectivity index (χ0) is 21.3. The number of rotatable bonds is 9. The van der Waals surface area contributed by atoms with Gasteiger partial charge < -0.3 is 19.9 Å². The number of urea groups is 1. The second-order valence-electron chi connectivity index (χ2n) is 8.10. The number of pyridine rings is 1. The third kappa shape index (κ3) is 6.86. The van der Waals surface area contributed by atoms with Gasteiger partial charge in [-0.15, -0.1) is 0 Å². The van der Waals surface area contributed by atoms with Crippen LogP contribution in [0, 0.1) is 5.92 Å². The fourth-order valence-corrected chi connectivity index (χ4v) is 3.58. The molecule has 2 heterocycles. The highest BCUT2D eigenvalue weighted by Gasteiger charge is 2.23. The molecule has 1 aliphatic carbocycles. The van der Waals surface area contributed by atoms with E-state index in [9.17, 15) is 9.59 Å². The van der Waals surface area contributed by atoms with Gasteiger partial charge in [0.2, 0.25) is 11.8 Å². The zero-order valence-electron chi connectivity index (χ0n) is 18.3. The van der Waals surface area contributed by atoms with Crippen LogP contribution in [-0.4, -0.2) is 84.0 Å². The number of amides is 3. The lowest BCUT2D eigenvalue weighted by molar-refractivity contribution is -0.132. The fourth-order valence-electron chi connectivity index (χ4n) is 3.58. The number of hydrogen-bond donors (Lipinski definition) is 1. The van der Waals surface area contributed by atoms with Crippen molar-refractivity contribution in [2.45, 2.75) is 39.7 Å². The smallest absolute Gasteiger partial charge is 0.317 e. The van der Waals surface area contributed by atoms with Crippen LogP contribution < -0.4 is 10.1 Å². The molecule has 0 aromatic carbocycles. The van der Waals surface area contributed by atoms with Crippen molar-refractivity contribution in [3.05, 3.63) is 23.9 Å². The molecule has 3 amide bonds. The number of hydrogen-bond acceptors (Lipinski definition) is 5. The molecule has 1 aromatic rings. The summed E-state index contributed by atoms with van der Waals surface area (Å²) in [5.74, 6) is 1.50. The molecule has 2 fully saturated rings. The Morgan fingerprint density at radius 1 is 1.17 bits per heavy atom. The average Bonchev–Trinajstić information content (AvgIpc) is 3.60. The molecule has 8 nitrogen and oxygen atoms in total. The molecule has 0 bridgehead atoms. The number of carbonyl (C=O) groups is 2. The molecule has 1 aromatic heterocycles. The van der Waals surface area contributed by atoms with E-state index in [1.165, 1.54) is 12.8 Å². The lowest BCUT2D eigenvalue weighted by atomic mass is 10.3.